The number of hydrogen-bond donors (Lipinski definition) is 2. The molecule has 3 rings (SSSR count). The molecule has 22 heavy (non-hydrogen) atoms. The molecule has 1 fully saturated rings. The molecule has 0 aliphatic heterocycles. The second-order valence-corrected chi connectivity index (χ2v) is 5.05. The number of nitrogens with zero attached hydrogens (tertiary/aromatic N) is 1. The SMILES string of the molecule is I.NC(=NC1CC1c1c(F)cccc1F)Nc1ccccc1. The number of halogens is 3. The molecule has 0 spiro atoms. The summed E-state index contributed by atoms with van der Waals surface area (Å²) >= 11 is 0. The maximum absolute atomic E-state index is 13.7. The predicted molar refractivity (Wildman–Crippen MR) is 94.6 cm³/mol. The van der Waals surface area contributed by atoms with Crippen molar-refractivity contribution in [1.29, 1.82) is 0 Å². The van der Waals surface area contributed by atoms with Crippen LogP contribution in [0.5, 0.6) is 0 Å². The molecule has 1 aliphatic rings. The quantitative estimate of drug-likeness (QED) is 0.455. The molecule has 0 bridgehead atoms. The predicted octanol–water partition coefficient (Wildman–Crippen LogP) is 3.87. The number of anilines is 1. The molecule has 6 heteroatoms. The van der Waals surface area contributed by atoms with Gasteiger partial charge in [0.05, 0.1) is 6.04 Å². The Bertz CT molecular complexity index is 656. The van der Waals surface area contributed by atoms with Gasteiger partial charge < -0.3 is 11.1 Å². The zero-order valence-electron chi connectivity index (χ0n) is 11.7. The monoisotopic (exact) mass is 415 g/mol. The molecule has 116 valence electrons. The summed E-state index contributed by atoms with van der Waals surface area (Å²) in [7, 11) is 0. The lowest BCUT2D eigenvalue weighted by Gasteiger charge is -2.05. The Morgan fingerprint density at radius 2 is 1.68 bits per heavy atom. The molecule has 2 unspecified atom stereocenters. The highest BCUT2D eigenvalue weighted by Gasteiger charge is 2.42. The van der Waals surface area contributed by atoms with Crippen molar-refractivity contribution in [2.75, 3.05) is 5.32 Å². The number of aliphatic imine (C=N–C) groups is 1. The molecule has 1 aliphatic carbocycles. The van der Waals surface area contributed by atoms with Crippen molar-refractivity contribution in [1.82, 2.24) is 0 Å². The molecule has 3 nitrogen and oxygen atoms in total. The largest absolute Gasteiger partial charge is 0.370 e. The first-order chi connectivity index (χ1) is 10.1. The van der Waals surface area contributed by atoms with E-state index in [9.17, 15) is 8.78 Å². The average molecular weight is 415 g/mol. The Hall–Kier alpha value is -1.70. The van der Waals surface area contributed by atoms with E-state index in [4.69, 9.17) is 5.73 Å². The number of guanidine groups is 1. The lowest BCUT2D eigenvalue weighted by molar-refractivity contribution is 0.555. The minimum absolute atomic E-state index is 0. The van der Waals surface area contributed by atoms with Crippen LogP contribution in [0.3, 0.4) is 0 Å². The van der Waals surface area contributed by atoms with E-state index in [1.807, 2.05) is 30.3 Å². The van der Waals surface area contributed by atoms with Crippen molar-refractivity contribution in [3.05, 3.63) is 65.7 Å². The van der Waals surface area contributed by atoms with Gasteiger partial charge in [-0.3, -0.25) is 0 Å². The van der Waals surface area contributed by atoms with Crippen molar-refractivity contribution in [3.63, 3.8) is 0 Å². The molecule has 0 heterocycles. The van der Waals surface area contributed by atoms with Crippen LogP contribution in [0.15, 0.2) is 53.5 Å². The Balaban J connectivity index is 0.00000176. The van der Waals surface area contributed by atoms with E-state index in [0.29, 0.717) is 6.42 Å². The van der Waals surface area contributed by atoms with Crippen LogP contribution < -0.4 is 11.1 Å². The minimum atomic E-state index is -0.521. The Morgan fingerprint density at radius 3 is 2.32 bits per heavy atom. The lowest BCUT2D eigenvalue weighted by atomic mass is 10.1. The summed E-state index contributed by atoms with van der Waals surface area (Å²) in [5.41, 5.74) is 6.75. The van der Waals surface area contributed by atoms with E-state index in [1.165, 1.54) is 18.2 Å². The van der Waals surface area contributed by atoms with Gasteiger partial charge in [0.25, 0.3) is 0 Å². The number of benzene rings is 2. The van der Waals surface area contributed by atoms with Crippen LogP contribution in [-0.4, -0.2) is 12.0 Å². The highest BCUT2D eigenvalue weighted by Crippen LogP contribution is 2.45. The first-order valence-electron chi connectivity index (χ1n) is 6.74. The highest BCUT2D eigenvalue weighted by molar-refractivity contribution is 14.0. The number of nitrogens with one attached hydrogen (secondary N) is 1. The van der Waals surface area contributed by atoms with Gasteiger partial charge in [0.15, 0.2) is 5.96 Å². The standard InChI is InChI=1S/C16H15F2N3.HI/c17-12-7-4-8-13(18)15(12)11-9-14(11)21-16(19)20-10-5-2-1-3-6-10;/h1-8,11,14H,9H2,(H3,19,20,21);1H. The zero-order valence-corrected chi connectivity index (χ0v) is 14.0. The fourth-order valence-electron chi connectivity index (χ4n) is 2.38. The van der Waals surface area contributed by atoms with Crippen LogP contribution in [0.4, 0.5) is 14.5 Å². The Kier molecular flexibility index (Phi) is 5.33. The van der Waals surface area contributed by atoms with E-state index in [0.717, 1.165) is 5.69 Å². The van der Waals surface area contributed by atoms with Gasteiger partial charge in [-0.05, 0) is 30.7 Å². The molecule has 2 aromatic carbocycles. The normalized spacial score (nSPS) is 20.2. The molecule has 2 atom stereocenters. The van der Waals surface area contributed by atoms with E-state index in [-0.39, 0.29) is 47.5 Å². The summed E-state index contributed by atoms with van der Waals surface area (Å²) in [6, 6.07) is 13.1. The molecule has 2 aromatic rings. The maximum Gasteiger partial charge on any atom is 0.193 e. The first kappa shape index (κ1) is 16.7. The molecule has 0 saturated heterocycles. The Morgan fingerprint density at radius 1 is 1.05 bits per heavy atom. The third-order valence-electron chi connectivity index (χ3n) is 3.48. The third kappa shape index (κ3) is 3.73. The van der Waals surface area contributed by atoms with Gasteiger partial charge in [0, 0.05) is 17.2 Å². The van der Waals surface area contributed by atoms with Gasteiger partial charge >= 0.3 is 0 Å². The van der Waals surface area contributed by atoms with E-state index in [1.54, 1.807) is 0 Å². The van der Waals surface area contributed by atoms with Crippen LogP contribution in [-0.2, 0) is 0 Å². The molecule has 1 saturated carbocycles. The van der Waals surface area contributed by atoms with Gasteiger partial charge in [-0.25, -0.2) is 13.8 Å². The summed E-state index contributed by atoms with van der Waals surface area (Å²) in [5, 5.41) is 2.95. The van der Waals surface area contributed by atoms with Crippen molar-refractivity contribution < 1.29 is 8.78 Å². The van der Waals surface area contributed by atoms with Crippen LogP contribution in [0.2, 0.25) is 0 Å². The molecule has 0 aromatic heterocycles. The van der Waals surface area contributed by atoms with Gasteiger partial charge in [-0.15, -0.1) is 24.0 Å². The van der Waals surface area contributed by atoms with Crippen molar-refractivity contribution >= 4 is 35.6 Å². The van der Waals surface area contributed by atoms with Crippen LogP contribution in [0.25, 0.3) is 0 Å². The fraction of sp³-hybridized carbons (Fsp3) is 0.188. The molecule has 0 amide bonds. The van der Waals surface area contributed by atoms with Gasteiger partial charge in [-0.2, -0.15) is 0 Å². The van der Waals surface area contributed by atoms with E-state index >= 15 is 0 Å². The van der Waals surface area contributed by atoms with Gasteiger partial charge in [0.1, 0.15) is 11.6 Å². The summed E-state index contributed by atoms with van der Waals surface area (Å²) < 4.78 is 27.3. The minimum Gasteiger partial charge on any atom is -0.370 e. The molecule has 0 radical (unpaired) electrons. The average Bonchev–Trinajstić information content (AvgIpc) is 3.18. The Labute approximate surface area is 144 Å². The van der Waals surface area contributed by atoms with Gasteiger partial charge in [-0.1, -0.05) is 24.3 Å². The third-order valence-corrected chi connectivity index (χ3v) is 3.48. The first-order valence-corrected chi connectivity index (χ1v) is 6.74. The second-order valence-electron chi connectivity index (χ2n) is 5.05. The summed E-state index contributed by atoms with van der Waals surface area (Å²) in [4.78, 5) is 4.27. The van der Waals surface area contributed by atoms with Crippen LogP contribution in [0.1, 0.15) is 17.9 Å². The molecular weight excluding hydrogens is 399 g/mol. The van der Waals surface area contributed by atoms with Gasteiger partial charge in [0.2, 0.25) is 0 Å². The van der Waals surface area contributed by atoms with Crippen LogP contribution in [0, 0.1) is 11.6 Å². The van der Waals surface area contributed by atoms with E-state index < -0.39 is 11.6 Å². The summed E-state index contributed by atoms with van der Waals surface area (Å²) in [5.74, 6) is -1.02. The van der Waals surface area contributed by atoms with Crippen molar-refractivity contribution in [3.8, 4) is 0 Å². The van der Waals surface area contributed by atoms with Crippen molar-refractivity contribution in [2.45, 2.75) is 18.4 Å². The van der Waals surface area contributed by atoms with E-state index in [2.05, 4.69) is 10.3 Å². The number of para-hydroxylation sites is 1. The number of nitrogens with two attached hydrogens (primary N) is 1. The highest BCUT2D eigenvalue weighted by atomic mass is 127. The molecule has 3 N–H and O–H groups in total. The summed E-state index contributed by atoms with van der Waals surface area (Å²) in [6.45, 7) is 0. The fourth-order valence-corrected chi connectivity index (χ4v) is 2.38. The number of hydrogen-bond acceptors (Lipinski definition) is 1. The smallest absolute Gasteiger partial charge is 0.193 e. The lowest BCUT2D eigenvalue weighted by Crippen LogP contribution is -2.23. The topological polar surface area (TPSA) is 50.4 Å². The zero-order chi connectivity index (χ0) is 14.8. The maximum atomic E-state index is 13.7. The van der Waals surface area contributed by atoms with Crippen molar-refractivity contribution in [2.24, 2.45) is 10.7 Å². The number of rotatable bonds is 3. The van der Waals surface area contributed by atoms with Crippen LogP contribution >= 0.6 is 24.0 Å². The second kappa shape index (κ2) is 7.04. The summed E-state index contributed by atoms with van der Waals surface area (Å²) in [6.07, 6.45) is 0.606. The molecular formula is C16H16F2IN3.